The summed E-state index contributed by atoms with van der Waals surface area (Å²) in [6.45, 7) is 3.81. The number of rotatable bonds is 3. The largest absolute Gasteiger partial charge is 0.497 e. The summed E-state index contributed by atoms with van der Waals surface area (Å²) in [6, 6.07) is 10.8. The molecule has 1 amide bonds. The number of benzene rings is 1. The van der Waals surface area contributed by atoms with E-state index in [1.54, 1.807) is 24.3 Å². The van der Waals surface area contributed by atoms with Crippen molar-refractivity contribution in [3.63, 3.8) is 0 Å². The molecule has 2 heterocycles. The highest BCUT2D eigenvalue weighted by Gasteiger charge is 2.44. The number of carbonyl (C=O) groups excluding carboxylic acids is 1. The van der Waals surface area contributed by atoms with Gasteiger partial charge in [0.25, 0.3) is 5.91 Å². The van der Waals surface area contributed by atoms with Gasteiger partial charge in [0.15, 0.2) is 0 Å². The third-order valence-corrected chi connectivity index (χ3v) is 3.25. The molecule has 0 unspecified atom stereocenters. The Hall–Kier alpha value is -2.49. The van der Waals surface area contributed by atoms with E-state index in [4.69, 9.17) is 9.15 Å². The number of methoxy groups -OCH3 is 1. The number of hydrogen-bond donors (Lipinski definition) is 0. The van der Waals surface area contributed by atoms with E-state index in [2.05, 4.69) is 6.58 Å². The van der Waals surface area contributed by atoms with Crippen LogP contribution in [0.25, 0.3) is 0 Å². The lowest BCUT2D eigenvalue weighted by Gasteiger charge is -2.40. The van der Waals surface area contributed by atoms with Crippen molar-refractivity contribution in [1.29, 1.82) is 0 Å². The Labute approximate surface area is 110 Å². The molecule has 2 aromatic rings. The number of carbonyl (C=O) groups is 1. The third-order valence-electron chi connectivity index (χ3n) is 3.25. The zero-order valence-corrected chi connectivity index (χ0v) is 10.5. The summed E-state index contributed by atoms with van der Waals surface area (Å²) in [4.78, 5) is 13.6. The van der Waals surface area contributed by atoms with Gasteiger partial charge in [-0.3, -0.25) is 9.69 Å². The van der Waals surface area contributed by atoms with Crippen LogP contribution < -0.4 is 9.64 Å². The summed E-state index contributed by atoms with van der Waals surface area (Å²) in [5.41, 5.74) is 1.35. The van der Waals surface area contributed by atoms with E-state index in [1.807, 2.05) is 30.3 Å². The number of β-lactam (4-membered cyclic amide) rings is 1. The summed E-state index contributed by atoms with van der Waals surface area (Å²) in [6.07, 6.45) is 1.59. The van der Waals surface area contributed by atoms with Crippen molar-refractivity contribution in [3.8, 4) is 5.75 Å². The van der Waals surface area contributed by atoms with Crippen molar-refractivity contribution in [2.24, 2.45) is 0 Å². The number of anilines is 1. The second-order valence-corrected chi connectivity index (χ2v) is 4.32. The number of nitrogens with zero attached hydrogens (tertiary/aromatic N) is 1. The number of hydrogen-bond acceptors (Lipinski definition) is 3. The standard InChI is InChI=1S/C15H13NO3/c1-10-14(13-4-3-9-19-13)16(15(10)17)11-5-7-12(18-2)8-6-11/h3-9,14H,1H2,2H3/t14-/m0/s1. The molecule has 0 saturated carbocycles. The van der Waals surface area contributed by atoms with Crippen molar-refractivity contribution in [3.05, 3.63) is 60.6 Å². The van der Waals surface area contributed by atoms with Crippen LogP contribution in [0.5, 0.6) is 5.75 Å². The Morgan fingerprint density at radius 3 is 2.58 bits per heavy atom. The molecule has 4 heteroatoms. The van der Waals surface area contributed by atoms with Gasteiger partial charge in [0.1, 0.15) is 17.6 Å². The van der Waals surface area contributed by atoms with Gasteiger partial charge in [0.05, 0.1) is 13.4 Å². The second-order valence-electron chi connectivity index (χ2n) is 4.32. The second kappa shape index (κ2) is 4.31. The van der Waals surface area contributed by atoms with Gasteiger partial charge in [-0.2, -0.15) is 0 Å². The first kappa shape index (κ1) is 11.6. The van der Waals surface area contributed by atoms with Crippen LogP contribution in [0, 0.1) is 0 Å². The molecule has 1 aliphatic rings. The molecule has 4 nitrogen and oxygen atoms in total. The maximum absolute atomic E-state index is 12.0. The summed E-state index contributed by atoms with van der Waals surface area (Å²) < 4.78 is 10.5. The minimum absolute atomic E-state index is 0.0773. The predicted octanol–water partition coefficient (Wildman–Crippen LogP) is 2.93. The van der Waals surface area contributed by atoms with Crippen LogP contribution in [-0.4, -0.2) is 13.0 Å². The molecule has 96 valence electrons. The lowest BCUT2D eigenvalue weighted by Crippen LogP contribution is -2.48. The zero-order valence-electron chi connectivity index (χ0n) is 10.5. The Bertz CT molecular complexity index is 613. The van der Waals surface area contributed by atoms with Crippen LogP contribution >= 0.6 is 0 Å². The highest BCUT2D eigenvalue weighted by atomic mass is 16.5. The van der Waals surface area contributed by atoms with Crippen molar-refractivity contribution < 1.29 is 13.9 Å². The van der Waals surface area contributed by atoms with Gasteiger partial charge in [-0.05, 0) is 36.4 Å². The molecule has 1 fully saturated rings. The van der Waals surface area contributed by atoms with E-state index in [0.29, 0.717) is 5.57 Å². The van der Waals surface area contributed by atoms with Gasteiger partial charge < -0.3 is 9.15 Å². The van der Waals surface area contributed by atoms with E-state index >= 15 is 0 Å². The van der Waals surface area contributed by atoms with E-state index < -0.39 is 0 Å². The van der Waals surface area contributed by atoms with E-state index in [1.165, 1.54) is 0 Å². The molecule has 0 bridgehead atoms. The maximum Gasteiger partial charge on any atom is 0.257 e. The monoisotopic (exact) mass is 255 g/mol. The van der Waals surface area contributed by atoms with E-state index in [-0.39, 0.29) is 11.9 Å². The summed E-state index contributed by atoms with van der Waals surface area (Å²) in [5, 5.41) is 0. The fourth-order valence-corrected chi connectivity index (χ4v) is 2.23. The maximum atomic E-state index is 12.0. The molecule has 1 aliphatic heterocycles. The first-order chi connectivity index (χ1) is 9.22. The molecule has 1 aromatic carbocycles. The lowest BCUT2D eigenvalue weighted by molar-refractivity contribution is -0.119. The zero-order chi connectivity index (χ0) is 13.4. The van der Waals surface area contributed by atoms with Crippen molar-refractivity contribution in [1.82, 2.24) is 0 Å². The lowest BCUT2D eigenvalue weighted by atomic mass is 9.93. The summed E-state index contributed by atoms with van der Waals surface area (Å²) in [7, 11) is 1.61. The first-order valence-electron chi connectivity index (χ1n) is 5.92. The van der Waals surface area contributed by atoms with Gasteiger partial charge in [0, 0.05) is 11.3 Å². The SMILES string of the molecule is C=C1C(=O)N(c2ccc(OC)cc2)[C@@H]1c1ccco1. The molecule has 0 spiro atoms. The Morgan fingerprint density at radius 2 is 2.00 bits per heavy atom. The molecule has 1 atom stereocenters. The van der Waals surface area contributed by atoms with Gasteiger partial charge in [0.2, 0.25) is 0 Å². The Balaban J connectivity index is 1.94. The van der Waals surface area contributed by atoms with Crippen LogP contribution in [0.2, 0.25) is 0 Å². The van der Waals surface area contributed by atoms with Crippen molar-refractivity contribution >= 4 is 11.6 Å². The topological polar surface area (TPSA) is 42.7 Å². The van der Waals surface area contributed by atoms with E-state index in [9.17, 15) is 4.79 Å². The molecule has 3 rings (SSSR count). The summed E-state index contributed by atoms with van der Waals surface area (Å²) >= 11 is 0. The minimum Gasteiger partial charge on any atom is -0.497 e. The van der Waals surface area contributed by atoms with Crippen molar-refractivity contribution in [2.75, 3.05) is 12.0 Å². The van der Waals surface area contributed by atoms with Gasteiger partial charge >= 0.3 is 0 Å². The average molecular weight is 255 g/mol. The highest BCUT2D eigenvalue weighted by molar-refractivity contribution is 6.14. The van der Waals surface area contributed by atoms with Gasteiger partial charge in [-0.25, -0.2) is 0 Å². The summed E-state index contributed by atoms with van der Waals surface area (Å²) in [5.74, 6) is 1.40. The normalized spacial score (nSPS) is 18.4. The molecule has 0 aliphatic carbocycles. The number of ether oxygens (including phenoxy) is 1. The Kier molecular flexibility index (Phi) is 2.63. The third kappa shape index (κ3) is 1.73. The molecule has 1 saturated heterocycles. The van der Waals surface area contributed by atoms with Crippen LogP contribution in [0.15, 0.2) is 59.2 Å². The minimum atomic E-state index is -0.212. The fourth-order valence-electron chi connectivity index (χ4n) is 2.23. The first-order valence-corrected chi connectivity index (χ1v) is 5.92. The van der Waals surface area contributed by atoms with Crippen LogP contribution in [0.3, 0.4) is 0 Å². The molecular formula is C15H13NO3. The molecule has 1 aromatic heterocycles. The molecular weight excluding hydrogens is 242 g/mol. The van der Waals surface area contributed by atoms with Crippen LogP contribution in [0.1, 0.15) is 11.8 Å². The molecule has 0 N–H and O–H groups in total. The number of amides is 1. The van der Waals surface area contributed by atoms with Crippen LogP contribution in [-0.2, 0) is 4.79 Å². The van der Waals surface area contributed by atoms with Crippen molar-refractivity contribution in [2.45, 2.75) is 6.04 Å². The smallest absolute Gasteiger partial charge is 0.257 e. The average Bonchev–Trinajstić information content (AvgIpc) is 2.97. The van der Waals surface area contributed by atoms with E-state index in [0.717, 1.165) is 17.2 Å². The van der Waals surface area contributed by atoms with Crippen LogP contribution in [0.4, 0.5) is 5.69 Å². The van der Waals surface area contributed by atoms with Gasteiger partial charge in [-0.1, -0.05) is 6.58 Å². The molecule has 0 radical (unpaired) electrons. The highest BCUT2D eigenvalue weighted by Crippen LogP contribution is 2.42. The van der Waals surface area contributed by atoms with Gasteiger partial charge in [-0.15, -0.1) is 0 Å². The molecule has 19 heavy (non-hydrogen) atoms. The Morgan fingerprint density at radius 1 is 1.26 bits per heavy atom. The quantitative estimate of drug-likeness (QED) is 0.625. The number of furan rings is 1. The predicted molar refractivity (Wildman–Crippen MR) is 71.1 cm³/mol. The fraction of sp³-hybridized carbons (Fsp3) is 0.133.